The quantitative estimate of drug-likeness (QED) is 0.865. The van der Waals surface area contributed by atoms with E-state index in [1.54, 1.807) is 12.1 Å². The van der Waals surface area contributed by atoms with E-state index in [1.807, 2.05) is 6.07 Å². The molecule has 0 amide bonds. The van der Waals surface area contributed by atoms with E-state index in [9.17, 15) is 4.39 Å². The number of hydrogen-bond acceptors (Lipinski definition) is 4. The molecular weight excluding hydrogens is 231 g/mol. The average molecular weight is 248 g/mol. The number of hydrogen-bond donors (Lipinski definition) is 1. The van der Waals surface area contributed by atoms with Crippen molar-refractivity contribution >= 4 is 0 Å². The molecule has 0 saturated carbocycles. The summed E-state index contributed by atoms with van der Waals surface area (Å²) in [5.41, 5.74) is 4.17. The summed E-state index contributed by atoms with van der Waals surface area (Å²) < 4.78 is 13.6. The molecule has 18 heavy (non-hydrogen) atoms. The second-order valence-corrected chi connectivity index (χ2v) is 4.54. The van der Waals surface area contributed by atoms with Crippen LogP contribution in [-0.2, 0) is 6.54 Å². The first-order valence-corrected chi connectivity index (χ1v) is 6.04. The van der Waals surface area contributed by atoms with Crippen molar-refractivity contribution in [1.82, 2.24) is 15.3 Å². The second kappa shape index (κ2) is 5.91. The minimum absolute atomic E-state index is 0.323. The van der Waals surface area contributed by atoms with Crippen LogP contribution in [0.15, 0.2) is 18.2 Å². The number of rotatable bonds is 3. The Morgan fingerprint density at radius 1 is 1.33 bits per heavy atom. The van der Waals surface area contributed by atoms with E-state index in [1.165, 1.54) is 6.07 Å². The van der Waals surface area contributed by atoms with Gasteiger partial charge in [-0.25, -0.2) is 9.40 Å². The molecule has 0 unspecified atom stereocenters. The van der Waals surface area contributed by atoms with Gasteiger partial charge in [0, 0.05) is 38.3 Å². The summed E-state index contributed by atoms with van der Waals surface area (Å²) in [5, 5.41) is 10.8. The zero-order valence-electron chi connectivity index (χ0n) is 10.5. The third-order valence-corrected chi connectivity index (χ3v) is 3.18. The number of nitrogens with one attached hydrogen (secondary N) is 1. The summed E-state index contributed by atoms with van der Waals surface area (Å²) in [5.74, 6) is -0.323. The maximum absolute atomic E-state index is 13.6. The fourth-order valence-electron chi connectivity index (χ4n) is 1.92. The molecule has 4 nitrogen and oxygen atoms in total. The molecule has 2 rings (SSSR count). The molecule has 1 fully saturated rings. The molecule has 0 spiro atoms. The Morgan fingerprint density at radius 3 is 2.67 bits per heavy atom. The van der Waals surface area contributed by atoms with Gasteiger partial charge in [-0.2, -0.15) is 5.26 Å². The summed E-state index contributed by atoms with van der Waals surface area (Å²) in [7, 11) is 2.09. The first kappa shape index (κ1) is 13.0. The predicted molar refractivity (Wildman–Crippen MR) is 67.0 cm³/mol. The van der Waals surface area contributed by atoms with Crippen LogP contribution in [-0.4, -0.2) is 43.1 Å². The topological polar surface area (TPSA) is 42.3 Å². The van der Waals surface area contributed by atoms with Crippen LogP contribution in [0.3, 0.4) is 0 Å². The molecule has 1 heterocycles. The zero-order valence-corrected chi connectivity index (χ0v) is 10.5. The molecule has 0 bridgehead atoms. The van der Waals surface area contributed by atoms with E-state index >= 15 is 0 Å². The maximum atomic E-state index is 13.6. The number of nitriles is 1. The smallest absolute Gasteiger partial charge is 0.129 e. The van der Waals surface area contributed by atoms with E-state index in [-0.39, 0.29) is 5.82 Å². The molecule has 1 aromatic carbocycles. The van der Waals surface area contributed by atoms with E-state index in [0.29, 0.717) is 17.7 Å². The SMILES string of the molecule is CN1CCN(NCc2ccc(C#N)cc2F)CC1. The van der Waals surface area contributed by atoms with E-state index in [0.717, 1.165) is 26.2 Å². The molecular formula is C13H17FN4. The fourth-order valence-corrected chi connectivity index (χ4v) is 1.92. The van der Waals surface area contributed by atoms with Gasteiger partial charge >= 0.3 is 0 Å². The molecule has 1 saturated heterocycles. The molecule has 96 valence electrons. The number of benzene rings is 1. The van der Waals surface area contributed by atoms with E-state index in [2.05, 4.69) is 22.4 Å². The Morgan fingerprint density at radius 2 is 2.06 bits per heavy atom. The van der Waals surface area contributed by atoms with Crippen LogP contribution in [0, 0.1) is 17.1 Å². The summed E-state index contributed by atoms with van der Waals surface area (Å²) >= 11 is 0. The number of halogens is 1. The van der Waals surface area contributed by atoms with Crippen molar-refractivity contribution in [2.45, 2.75) is 6.54 Å². The van der Waals surface area contributed by atoms with Gasteiger partial charge in [0.25, 0.3) is 0 Å². The monoisotopic (exact) mass is 248 g/mol. The molecule has 0 radical (unpaired) electrons. The van der Waals surface area contributed by atoms with Crippen LogP contribution >= 0.6 is 0 Å². The second-order valence-electron chi connectivity index (χ2n) is 4.54. The molecule has 1 aromatic rings. The van der Waals surface area contributed by atoms with Crippen molar-refractivity contribution in [3.8, 4) is 6.07 Å². The van der Waals surface area contributed by atoms with Crippen molar-refractivity contribution in [1.29, 1.82) is 5.26 Å². The molecule has 1 N–H and O–H groups in total. The van der Waals surface area contributed by atoms with Gasteiger partial charge in [-0.15, -0.1) is 0 Å². The third kappa shape index (κ3) is 3.26. The Hall–Kier alpha value is -1.48. The number of likely N-dealkylation sites (N-methyl/N-ethyl adjacent to an activating group) is 1. The summed E-state index contributed by atoms with van der Waals surface area (Å²) in [6.45, 7) is 4.37. The third-order valence-electron chi connectivity index (χ3n) is 3.18. The summed E-state index contributed by atoms with van der Waals surface area (Å²) in [6, 6.07) is 6.51. The van der Waals surface area contributed by atoms with E-state index in [4.69, 9.17) is 5.26 Å². The van der Waals surface area contributed by atoms with Crippen molar-refractivity contribution in [3.05, 3.63) is 35.1 Å². The van der Waals surface area contributed by atoms with Crippen LogP contribution in [0.4, 0.5) is 4.39 Å². The van der Waals surface area contributed by atoms with Crippen LogP contribution in [0.5, 0.6) is 0 Å². The van der Waals surface area contributed by atoms with Gasteiger partial charge in [-0.1, -0.05) is 6.07 Å². The maximum Gasteiger partial charge on any atom is 0.129 e. The van der Waals surface area contributed by atoms with Gasteiger partial charge in [0.15, 0.2) is 0 Å². The predicted octanol–water partition coefficient (Wildman–Crippen LogP) is 0.949. The molecule has 1 aliphatic heterocycles. The Balaban J connectivity index is 1.89. The van der Waals surface area contributed by atoms with Gasteiger partial charge in [-0.05, 0) is 19.2 Å². The first-order chi connectivity index (χ1) is 8.69. The fraction of sp³-hybridized carbons (Fsp3) is 0.462. The van der Waals surface area contributed by atoms with Crippen LogP contribution in [0.1, 0.15) is 11.1 Å². The van der Waals surface area contributed by atoms with Crippen LogP contribution in [0.2, 0.25) is 0 Å². The molecule has 5 heteroatoms. The van der Waals surface area contributed by atoms with Gasteiger partial charge in [-0.3, -0.25) is 5.43 Å². The molecule has 0 aliphatic carbocycles. The Bertz CT molecular complexity index is 447. The standard InChI is InChI=1S/C13H17FN4/c1-17-4-6-18(7-5-17)16-10-12-3-2-11(9-15)8-13(12)14/h2-3,8,16H,4-7,10H2,1H3. The largest absolute Gasteiger partial charge is 0.304 e. The first-order valence-electron chi connectivity index (χ1n) is 6.04. The van der Waals surface area contributed by atoms with Gasteiger partial charge in [0.2, 0.25) is 0 Å². The number of piperazine rings is 1. The van der Waals surface area contributed by atoms with E-state index < -0.39 is 0 Å². The summed E-state index contributed by atoms with van der Waals surface area (Å²) in [4.78, 5) is 2.26. The van der Waals surface area contributed by atoms with Crippen molar-refractivity contribution in [3.63, 3.8) is 0 Å². The molecule has 0 aromatic heterocycles. The van der Waals surface area contributed by atoms with Crippen molar-refractivity contribution in [2.24, 2.45) is 0 Å². The normalized spacial score (nSPS) is 17.6. The molecule has 1 aliphatic rings. The highest BCUT2D eigenvalue weighted by atomic mass is 19.1. The van der Waals surface area contributed by atoms with Crippen LogP contribution in [0.25, 0.3) is 0 Å². The lowest BCUT2D eigenvalue weighted by Crippen LogP contribution is -2.50. The highest BCUT2D eigenvalue weighted by molar-refractivity contribution is 5.32. The lowest BCUT2D eigenvalue weighted by Gasteiger charge is -2.32. The Labute approximate surface area is 107 Å². The summed E-state index contributed by atoms with van der Waals surface area (Å²) in [6.07, 6.45) is 0. The van der Waals surface area contributed by atoms with Gasteiger partial charge in [0.05, 0.1) is 11.6 Å². The zero-order chi connectivity index (χ0) is 13.0. The van der Waals surface area contributed by atoms with Gasteiger partial charge < -0.3 is 4.90 Å². The average Bonchev–Trinajstić information content (AvgIpc) is 2.39. The minimum atomic E-state index is -0.323. The number of nitrogens with zero attached hydrogens (tertiary/aromatic N) is 3. The Kier molecular flexibility index (Phi) is 4.26. The lowest BCUT2D eigenvalue weighted by molar-refractivity contribution is 0.102. The van der Waals surface area contributed by atoms with Crippen LogP contribution < -0.4 is 5.43 Å². The highest BCUT2D eigenvalue weighted by Gasteiger charge is 2.13. The van der Waals surface area contributed by atoms with Gasteiger partial charge in [0.1, 0.15) is 5.82 Å². The lowest BCUT2D eigenvalue weighted by atomic mass is 10.1. The molecule has 0 atom stereocenters. The minimum Gasteiger partial charge on any atom is -0.304 e. The van der Waals surface area contributed by atoms with Crippen molar-refractivity contribution in [2.75, 3.05) is 33.2 Å². The van der Waals surface area contributed by atoms with Crippen molar-refractivity contribution < 1.29 is 4.39 Å². The number of hydrazine groups is 1. The highest BCUT2D eigenvalue weighted by Crippen LogP contribution is 2.10.